The number of alkyl carbamates (subject to hydrolysis) is 1. The van der Waals surface area contributed by atoms with Crippen LogP contribution in [0.4, 0.5) is 10.5 Å². The highest BCUT2D eigenvalue weighted by Gasteiger charge is 2.42. The quantitative estimate of drug-likeness (QED) is 0.470. The summed E-state index contributed by atoms with van der Waals surface area (Å²) in [5.41, 5.74) is 4.20. The molecule has 3 rings (SSSR count). The van der Waals surface area contributed by atoms with E-state index >= 15 is 0 Å². The third-order valence-electron chi connectivity index (χ3n) is 6.73. The minimum absolute atomic E-state index is 0.0790. The number of ether oxygens (including phenoxy) is 1. The first-order valence-electron chi connectivity index (χ1n) is 11.6. The maximum Gasteiger partial charge on any atom is 0.407 e. The second-order valence-corrected chi connectivity index (χ2v) is 9.89. The Bertz CT molecular complexity index is 843. The predicted octanol–water partition coefficient (Wildman–Crippen LogP) is 2.28. The molecule has 0 bridgehead atoms. The van der Waals surface area contributed by atoms with Crippen molar-refractivity contribution in [2.45, 2.75) is 51.6 Å². The van der Waals surface area contributed by atoms with Crippen molar-refractivity contribution in [1.82, 2.24) is 15.7 Å². The minimum atomic E-state index is -0.742. The van der Waals surface area contributed by atoms with Gasteiger partial charge < -0.3 is 19.9 Å². The van der Waals surface area contributed by atoms with E-state index in [4.69, 9.17) is 4.74 Å². The summed E-state index contributed by atoms with van der Waals surface area (Å²) in [6.45, 7) is 9.14. The van der Waals surface area contributed by atoms with Gasteiger partial charge in [0.2, 0.25) is 11.8 Å². The lowest BCUT2D eigenvalue weighted by Crippen LogP contribution is -2.53. The van der Waals surface area contributed by atoms with Crippen molar-refractivity contribution in [3.63, 3.8) is 0 Å². The third kappa shape index (κ3) is 5.96. The first-order chi connectivity index (χ1) is 15.6. The molecule has 3 amide bonds. The summed E-state index contributed by atoms with van der Waals surface area (Å²) in [5.74, 6) is -1.98. The Morgan fingerprint density at radius 1 is 1.00 bits per heavy atom. The van der Waals surface area contributed by atoms with Gasteiger partial charge in [0, 0.05) is 38.9 Å². The fraction of sp³-hybridized carbons (Fsp3) is 0.625. The number of nitrogens with one attached hydrogen (secondary N) is 2. The highest BCUT2D eigenvalue weighted by atomic mass is 16.6. The lowest BCUT2D eigenvalue weighted by atomic mass is 9.76. The molecule has 0 spiro atoms. The van der Waals surface area contributed by atoms with E-state index in [9.17, 15) is 19.6 Å². The molecule has 1 aromatic carbocycles. The summed E-state index contributed by atoms with van der Waals surface area (Å²) in [6.07, 6.45) is 0.0893. The fourth-order valence-electron chi connectivity index (χ4n) is 4.71. The van der Waals surface area contributed by atoms with Crippen molar-refractivity contribution in [2.24, 2.45) is 11.8 Å². The van der Waals surface area contributed by atoms with Gasteiger partial charge in [-0.25, -0.2) is 10.3 Å². The topological polar surface area (TPSA) is 111 Å². The number of hydroxylamine groups is 1. The maximum atomic E-state index is 13.3. The number of anilines is 1. The van der Waals surface area contributed by atoms with Crippen LogP contribution in [-0.4, -0.2) is 67.3 Å². The van der Waals surface area contributed by atoms with Crippen molar-refractivity contribution in [3.8, 4) is 0 Å². The number of rotatable bonds is 4. The molecule has 9 nitrogen and oxygen atoms in total. The molecular weight excluding hydrogens is 424 g/mol. The van der Waals surface area contributed by atoms with Gasteiger partial charge in [-0.3, -0.25) is 14.8 Å². The molecule has 1 saturated heterocycles. The Hall–Kier alpha value is -2.81. The molecule has 1 aliphatic carbocycles. The van der Waals surface area contributed by atoms with E-state index in [1.165, 1.54) is 12.6 Å². The molecule has 2 fully saturated rings. The van der Waals surface area contributed by atoms with Crippen LogP contribution in [0.3, 0.4) is 0 Å². The van der Waals surface area contributed by atoms with E-state index in [1.807, 2.05) is 4.90 Å². The summed E-state index contributed by atoms with van der Waals surface area (Å²) in [5, 5.41) is 11.6. The number of benzene rings is 1. The Balaban J connectivity index is 1.60. The van der Waals surface area contributed by atoms with Gasteiger partial charge in [-0.05, 0) is 42.4 Å². The Morgan fingerprint density at radius 2 is 1.64 bits per heavy atom. The van der Waals surface area contributed by atoms with E-state index in [-0.39, 0.29) is 17.7 Å². The van der Waals surface area contributed by atoms with Crippen molar-refractivity contribution < 1.29 is 24.3 Å². The van der Waals surface area contributed by atoms with Gasteiger partial charge in [0.05, 0.1) is 11.8 Å². The van der Waals surface area contributed by atoms with Crippen molar-refractivity contribution >= 4 is 23.6 Å². The zero-order chi connectivity index (χ0) is 24.2. The number of hydrogen-bond acceptors (Lipinski definition) is 6. The molecule has 0 aromatic heterocycles. The Morgan fingerprint density at radius 3 is 2.18 bits per heavy atom. The SMILES string of the molecule is CNC(=O)OC1CCC(C(=O)N2CCN(c3ccc(C(C)(C)C)cc3)CC2)C(C(=O)NO)C1. The predicted molar refractivity (Wildman–Crippen MR) is 124 cm³/mol. The zero-order valence-electron chi connectivity index (χ0n) is 20.0. The average Bonchev–Trinajstić information content (AvgIpc) is 2.82. The van der Waals surface area contributed by atoms with E-state index < -0.39 is 29.9 Å². The summed E-state index contributed by atoms with van der Waals surface area (Å²) >= 11 is 0. The second-order valence-electron chi connectivity index (χ2n) is 9.89. The van der Waals surface area contributed by atoms with Crippen LogP contribution < -0.4 is 15.7 Å². The summed E-state index contributed by atoms with van der Waals surface area (Å²) in [7, 11) is 1.47. The lowest BCUT2D eigenvalue weighted by Gasteiger charge is -2.40. The molecule has 1 aromatic rings. The molecule has 1 aliphatic heterocycles. The molecular formula is C24H36N4O5. The van der Waals surface area contributed by atoms with Gasteiger partial charge >= 0.3 is 6.09 Å². The van der Waals surface area contributed by atoms with Crippen LogP contribution in [0.5, 0.6) is 0 Å². The van der Waals surface area contributed by atoms with Gasteiger partial charge in [0.1, 0.15) is 6.10 Å². The number of nitrogens with zero attached hydrogens (tertiary/aromatic N) is 2. The van der Waals surface area contributed by atoms with Crippen LogP contribution in [0, 0.1) is 11.8 Å². The number of carbonyl (C=O) groups is 3. The highest BCUT2D eigenvalue weighted by molar-refractivity contribution is 5.87. The molecule has 3 unspecified atom stereocenters. The third-order valence-corrected chi connectivity index (χ3v) is 6.73. The van der Waals surface area contributed by atoms with E-state index in [1.54, 1.807) is 5.48 Å². The van der Waals surface area contributed by atoms with Crippen LogP contribution in [-0.2, 0) is 19.7 Å². The fourth-order valence-corrected chi connectivity index (χ4v) is 4.71. The molecule has 1 saturated carbocycles. The highest BCUT2D eigenvalue weighted by Crippen LogP contribution is 2.34. The second kappa shape index (κ2) is 10.4. The van der Waals surface area contributed by atoms with Crippen LogP contribution >= 0.6 is 0 Å². The lowest BCUT2D eigenvalue weighted by molar-refractivity contribution is -0.149. The van der Waals surface area contributed by atoms with Crippen molar-refractivity contribution in [3.05, 3.63) is 29.8 Å². The van der Waals surface area contributed by atoms with E-state index in [0.717, 1.165) is 5.69 Å². The van der Waals surface area contributed by atoms with E-state index in [2.05, 4.69) is 55.3 Å². The van der Waals surface area contributed by atoms with Gasteiger partial charge in [0.15, 0.2) is 0 Å². The molecule has 2 aliphatic rings. The monoisotopic (exact) mass is 460 g/mol. The van der Waals surface area contributed by atoms with Crippen LogP contribution in [0.1, 0.15) is 45.6 Å². The number of hydrogen-bond donors (Lipinski definition) is 3. The molecule has 9 heteroatoms. The molecule has 3 atom stereocenters. The minimum Gasteiger partial charge on any atom is -0.446 e. The normalized spacial score (nSPS) is 23.6. The van der Waals surface area contributed by atoms with Crippen LogP contribution in [0.25, 0.3) is 0 Å². The van der Waals surface area contributed by atoms with E-state index in [0.29, 0.717) is 39.0 Å². The maximum absolute atomic E-state index is 13.3. The first kappa shape index (κ1) is 24.8. The zero-order valence-corrected chi connectivity index (χ0v) is 20.0. The van der Waals surface area contributed by atoms with Crippen molar-refractivity contribution in [2.75, 3.05) is 38.1 Å². The summed E-state index contributed by atoms with van der Waals surface area (Å²) in [6, 6.07) is 8.58. The summed E-state index contributed by atoms with van der Waals surface area (Å²) < 4.78 is 5.29. The number of piperazine rings is 1. The van der Waals surface area contributed by atoms with Crippen LogP contribution in [0.2, 0.25) is 0 Å². The largest absolute Gasteiger partial charge is 0.446 e. The van der Waals surface area contributed by atoms with Crippen LogP contribution in [0.15, 0.2) is 24.3 Å². The molecule has 33 heavy (non-hydrogen) atoms. The molecule has 1 heterocycles. The van der Waals surface area contributed by atoms with Gasteiger partial charge in [0.25, 0.3) is 0 Å². The molecule has 182 valence electrons. The summed E-state index contributed by atoms with van der Waals surface area (Å²) in [4.78, 5) is 41.2. The first-order valence-corrected chi connectivity index (χ1v) is 11.6. The number of carbonyl (C=O) groups excluding carboxylic acids is 3. The smallest absolute Gasteiger partial charge is 0.407 e. The van der Waals surface area contributed by atoms with Gasteiger partial charge in [-0.2, -0.15) is 0 Å². The average molecular weight is 461 g/mol. The van der Waals surface area contributed by atoms with Crippen molar-refractivity contribution in [1.29, 1.82) is 0 Å². The Kier molecular flexibility index (Phi) is 7.84. The van der Waals surface area contributed by atoms with Gasteiger partial charge in [-0.1, -0.05) is 32.9 Å². The Labute approximate surface area is 195 Å². The molecule has 3 N–H and O–H groups in total. The molecule has 0 radical (unpaired) electrons. The van der Waals surface area contributed by atoms with Gasteiger partial charge in [-0.15, -0.1) is 0 Å². The number of amides is 3. The standard InChI is InChI=1S/C24H36N4O5/c1-24(2,3)16-5-7-17(8-6-16)27-11-13-28(14-12-27)22(30)19-10-9-18(33-23(31)25-4)15-20(19)21(29)26-32/h5-8,18-20,32H,9-15H2,1-4H3,(H,25,31)(H,26,29).